The van der Waals surface area contributed by atoms with E-state index in [1.54, 1.807) is 0 Å². The van der Waals surface area contributed by atoms with Gasteiger partial charge in [-0.15, -0.1) is 0 Å². The molecule has 1 saturated heterocycles. The van der Waals surface area contributed by atoms with Crippen molar-refractivity contribution >= 4 is 12.0 Å². The summed E-state index contributed by atoms with van der Waals surface area (Å²) in [6, 6.07) is 1.20. The summed E-state index contributed by atoms with van der Waals surface area (Å²) in [7, 11) is 0. The van der Waals surface area contributed by atoms with Gasteiger partial charge in [-0.25, -0.2) is 0 Å². The average molecular weight is 366 g/mol. The van der Waals surface area contributed by atoms with Crippen LogP contribution in [0, 0.1) is 5.92 Å². The summed E-state index contributed by atoms with van der Waals surface area (Å²) in [5.74, 6) is -0.315. The number of benzene rings is 1. The number of halogens is 6. The third-order valence-corrected chi connectivity index (χ3v) is 3.96. The summed E-state index contributed by atoms with van der Waals surface area (Å²) >= 11 is 0. The summed E-state index contributed by atoms with van der Waals surface area (Å²) in [6.07, 6.45) is -7.18. The van der Waals surface area contributed by atoms with Crippen LogP contribution in [-0.2, 0) is 17.1 Å². The molecule has 138 valence electrons. The first-order chi connectivity index (χ1) is 11.5. The zero-order valence-corrected chi connectivity index (χ0v) is 13.0. The summed E-state index contributed by atoms with van der Waals surface area (Å²) in [5, 5.41) is 0. The molecule has 0 spiro atoms. The number of carbonyl (C=O) groups excluding carboxylic acids is 1. The SMILES string of the molecule is NCC1CCN(C(=O)C=Cc2cc(C(F)(F)F)cc(C(F)(F)F)c2)C1. The normalized spacial score (nSPS) is 19.0. The molecule has 1 aromatic rings. The van der Waals surface area contributed by atoms with Crippen molar-refractivity contribution in [1.82, 2.24) is 4.90 Å². The maximum atomic E-state index is 12.8. The van der Waals surface area contributed by atoms with Crippen molar-refractivity contribution in [3.63, 3.8) is 0 Å². The van der Waals surface area contributed by atoms with E-state index in [4.69, 9.17) is 5.73 Å². The third-order valence-electron chi connectivity index (χ3n) is 3.96. The number of alkyl halides is 6. The molecule has 2 N–H and O–H groups in total. The maximum Gasteiger partial charge on any atom is 0.416 e. The molecule has 1 heterocycles. The van der Waals surface area contributed by atoms with Gasteiger partial charge in [-0.3, -0.25) is 4.79 Å². The standard InChI is InChI=1S/C16H16F6N2O/c17-15(18,19)12-5-10(6-13(7-12)16(20,21)22)1-2-14(25)24-4-3-11(8-23)9-24/h1-2,5-7,11H,3-4,8-9,23H2. The van der Waals surface area contributed by atoms with Crippen LogP contribution in [0.1, 0.15) is 23.1 Å². The molecule has 1 fully saturated rings. The predicted molar refractivity (Wildman–Crippen MR) is 79.2 cm³/mol. The Morgan fingerprint density at radius 3 is 2.12 bits per heavy atom. The molecular formula is C16H16F6N2O. The van der Waals surface area contributed by atoms with Crippen LogP contribution in [0.2, 0.25) is 0 Å². The molecule has 1 atom stereocenters. The molecule has 25 heavy (non-hydrogen) atoms. The first-order valence-electron chi connectivity index (χ1n) is 7.47. The van der Waals surface area contributed by atoms with Crippen LogP contribution in [0.4, 0.5) is 26.3 Å². The number of hydrogen-bond acceptors (Lipinski definition) is 2. The van der Waals surface area contributed by atoms with Crippen molar-refractivity contribution in [2.24, 2.45) is 11.7 Å². The van der Waals surface area contributed by atoms with Crippen LogP contribution in [0.3, 0.4) is 0 Å². The second-order valence-electron chi connectivity index (χ2n) is 5.85. The maximum absolute atomic E-state index is 12.8. The molecule has 1 aromatic carbocycles. The highest BCUT2D eigenvalue weighted by Gasteiger charge is 2.36. The van der Waals surface area contributed by atoms with E-state index in [0.29, 0.717) is 31.8 Å². The number of hydrogen-bond donors (Lipinski definition) is 1. The molecule has 0 aromatic heterocycles. The zero-order chi connectivity index (χ0) is 18.8. The van der Waals surface area contributed by atoms with Crippen LogP contribution >= 0.6 is 0 Å². The number of carbonyl (C=O) groups is 1. The van der Waals surface area contributed by atoms with Gasteiger partial charge in [-0.2, -0.15) is 26.3 Å². The molecule has 0 saturated carbocycles. The molecule has 3 nitrogen and oxygen atoms in total. The minimum atomic E-state index is -4.92. The van der Waals surface area contributed by atoms with Gasteiger partial charge in [0.15, 0.2) is 0 Å². The highest BCUT2D eigenvalue weighted by atomic mass is 19.4. The van der Waals surface area contributed by atoms with Crippen LogP contribution < -0.4 is 5.73 Å². The second-order valence-corrected chi connectivity index (χ2v) is 5.85. The van der Waals surface area contributed by atoms with E-state index in [0.717, 1.165) is 18.6 Å². The van der Waals surface area contributed by atoms with E-state index in [2.05, 4.69) is 0 Å². The molecule has 1 aliphatic rings. The Kier molecular flexibility index (Phi) is 5.46. The van der Waals surface area contributed by atoms with Crippen LogP contribution in [0.5, 0.6) is 0 Å². The van der Waals surface area contributed by atoms with Crippen LogP contribution in [-0.4, -0.2) is 30.4 Å². The topological polar surface area (TPSA) is 46.3 Å². The first-order valence-corrected chi connectivity index (χ1v) is 7.47. The molecule has 0 aliphatic carbocycles. The van der Waals surface area contributed by atoms with E-state index in [1.165, 1.54) is 4.90 Å². The van der Waals surface area contributed by atoms with Gasteiger partial charge in [-0.05, 0) is 48.7 Å². The van der Waals surface area contributed by atoms with Crippen molar-refractivity contribution in [3.05, 3.63) is 41.0 Å². The Bertz CT molecular complexity index is 633. The minimum absolute atomic E-state index is 0.0471. The number of likely N-dealkylation sites (tertiary alicyclic amines) is 1. The number of amides is 1. The van der Waals surface area contributed by atoms with Crippen molar-refractivity contribution in [1.29, 1.82) is 0 Å². The quantitative estimate of drug-likeness (QED) is 0.657. The van der Waals surface area contributed by atoms with Gasteiger partial charge in [-0.1, -0.05) is 0 Å². The van der Waals surface area contributed by atoms with Gasteiger partial charge in [0.2, 0.25) is 5.91 Å². The Morgan fingerprint density at radius 2 is 1.68 bits per heavy atom. The van der Waals surface area contributed by atoms with E-state index in [1.807, 2.05) is 0 Å². The van der Waals surface area contributed by atoms with Gasteiger partial charge in [0.25, 0.3) is 0 Å². The smallest absolute Gasteiger partial charge is 0.339 e. The molecule has 1 amide bonds. The average Bonchev–Trinajstić information content (AvgIpc) is 2.99. The number of nitrogens with two attached hydrogens (primary N) is 1. The minimum Gasteiger partial charge on any atom is -0.339 e. The summed E-state index contributed by atoms with van der Waals surface area (Å²) in [6.45, 7) is 1.30. The number of rotatable bonds is 3. The lowest BCUT2D eigenvalue weighted by molar-refractivity contribution is -0.143. The van der Waals surface area contributed by atoms with Crippen LogP contribution in [0.25, 0.3) is 6.08 Å². The van der Waals surface area contributed by atoms with E-state index in [-0.39, 0.29) is 17.5 Å². The van der Waals surface area contributed by atoms with Gasteiger partial charge in [0.05, 0.1) is 11.1 Å². The van der Waals surface area contributed by atoms with Crippen molar-refractivity contribution < 1.29 is 31.1 Å². The summed E-state index contributed by atoms with van der Waals surface area (Å²) in [4.78, 5) is 13.5. The van der Waals surface area contributed by atoms with E-state index >= 15 is 0 Å². The second kappa shape index (κ2) is 7.07. The Hall–Kier alpha value is -2.03. The lowest BCUT2D eigenvalue weighted by Crippen LogP contribution is -2.28. The Labute approximate surface area is 140 Å². The largest absolute Gasteiger partial charge is 0.416 e. The first kappa shape index (κ1) is 19.3. The summed E-state index contributed by atoms with van der Waals surface area (Å²) in [5.41, 5.74) is 2.33. The fourth-order valence-corrected chi connectivity index (χ4v) is 2.57. The monoisotopic (exact) mass is 366 g/mol. The van der Waals surface area contributed by atoms with Gasteiger partial charge < -0.3 is 10.6 Å². The van der Waals surface area contributed by atoms with Gasteiger partial charge >= 0.3 is 12.4 Å². The fourth-order valence-electron chi connectivity index (χ4n) is 2.57. The van der Waals surface area contributed by atoms with Crippen molar-refractivity contribution in [2.45, 2.75) is 18.8 Å². The van der Waals surface area contributed by atoms with E-state index in [9.17, 15) is 31.1 Å². The lowest BCUT2D eigenvalue weighted by Gasteiger charge is -2.14. The van der Waals surface area contributed by atoms with Crippen molar-refractivity contribution in [3.8, 4) is 0 Å². The molecule has 0 bridgehead atoms. The predicted octanol–water partition coefficient (Wildman–Crippen LogP) is 3.54. The highest BCUT2D eigenvalue weighted by molar-refractivity contribution is 5.92. The third kappa shape index (κ3) is 4.97. The molecular weight excluding hydrogens is 350 g/mol. The van der Waals surface area contributed by atoms with E-state index < -0.39 is 29.4 Å². The summed E-state index contributed by atoms with van der Waals surface area (Å²) < 4.78 is 76.7. The van der Waals surface area contributed by atoms with Crippen molar-refractivity contribution in [2.75, 3.05) is 19.6 Å². The van der Waals surface area contributed by atoms with Gasteiger partial charge in [0.1, 0.15) is 0 Å². The fraction of sp³-hybridized carbons (Fsp3) is 0.438. The highest BCUT2D eigenvalue weighted by Crippen LogP contribution is 2.36. The van der Waals surface area contributed by atoms with Crippen LogP contribution in [0.15, 0.2) is 24.3 Å². The number of nitrogens with zero attached hydrogens (tertiary/aromatic N) is 1. The molecule has 1 aliphatic heterocycles. The van der Waals surface area contributed by atoms with Gasteiger partial charge in [0, 0.05) is 19.2 Å². The molecule has 2 rings (SSSR count). The molecule has 1 unspecified atom stereocenters. The Balaban J connectivity index is 2.25. The molecule has 0 radical (unpaired) electrons. The Morgan fingerprint density at radius 1 is 1.12 bits per heavy atom. The zero-order valence-electron chi connectivity index (χ0n) is 13.0. The molecule has 9 heteroatoms. The lowest BCUT2D eigenvalue weighted by atomic mass is 10.0.